The van der Waals surface area contributed by atoms with E-state index in [1.54, 1.807) is 20.7 Å². The van der Waals surface area contributed by atoms with Crippen LogP contribution in [-0.2, 0) is 20.7 Å². The van der Waals surface area contributed by atoms with Crippen LogP contribution >= 0.6 is 0 Å². The fraction of sp³-hybridized carbons (Fsp3) is 1.00. The molecule has 0 saturated carbocycles. The minimum absolute atomic E-state index is 0.112. The maximum absolute atomic E-state index is 13.1. The summed E-state index contributed by atoms with van der Waals surface area (Å²) >= 11 is 1.57. The predicted molar refractivity (Wildman–Crippen MR) is 73.6 cm³/mol. The topological polar surface area (TPSA) is 39.3 Å². The molecular formula is C13H26F3N4Ti. The van der Waals surface area contributed by atoms with Crippen molar-refractivity contribution in [2.24, 2.45) is 0 Å². The molecule has 0 radical (unpaired) electrons. The van der Waals surface area contributed by atoms with E-state index < -0.39 is 12.2 Å². The average molecular weight is 343 g/mol. The zero-order valence-corrected chi connectivity index (χ0v) is 14.0. The molecule has 0 aliphatic carbocycles. The SMILES string of the molecule is FC(F)(F)C1CCNCCCNCCCNCCC[N]1[Ti]. The summed E-state index contributed by atoms with van der Waals surface area (Å²) in [5.74, 6) is 0. The molecule has 0 bridgehead atoms. The Morgan fingerprint density at radius 3 is 1.81 bits per heavy atom. The Kier molecular flexibility index (Phi) is 10.1. The van der Waals surface area contributed by atoms with Crippen LogP contribution in [0.5, 0.6) is 0 Å². The Bertz CT molecular complexity index is 266. The summed E-state index contributed by atoms with van der Waals surface area (Å²) in [6, 6.07) is -1.35. The molecule has 4 nitrogen and oxygen atoms in total. The van der Waals surface area contributed by atoms with Crippen LogP contribution < -0.4 is 16.0 Å². The second-order valence-corrected chi connectivity index (χ2v) is 6.25. The van der Waals surface area contributed by atoms with Crippen molar-refractivity contribution in [2.75, 3.05) is 45.8 Å². The Hall–Kier alpha value is 0.344. The van der Waals surface area contributed by atoms with E-state index in [1.165, 1.54) is 3.38 Å². The number of nitrogens with zero attached hydrogens (tertiary/aromatic N) is 1. The summed E-state index contributed by atoms with van der Waals surface area (Å²) < 4.78 is 40.7. The summed E-state index contributed by atoms with van der Waals surface area (Å²) in [7, 11) is 0. The first-order valence-electron chi connectivity index (χ1n) is 7.68. The number of rotatable bonds is 0. The van der Waals surface area contributed by atoms with Crippen LogP contribution in [0.2, 0.25) is 0 Å². The van der Waals surface area contributed by atoms with Gasteiger partial charge in [0.1, 0.15) is 0 Å². The van der Waals surface area contributed by atoms with E-state index in [4.69, 9.17) is 0 Å². The monoisotopic (exact) mass is 343 g/mol. The zero-order valence-electron chi connectivity index (χ0n) is 12.4. The van der Waals surface area contributed by atoms with Crippen molar-refractivity contribution in [2.45, 2.75) is 37.9 Å². The molecule has 3 N–H and O–H groups in total. The fourth-order valence-electron chi connectivity index (χ4n) is 2.32. The molecule has 1 aliphatic heterocycles. The van der Waals surface area contributed by atoms with Crippen molar-refractivity contribution in [1.82, 2.24) is 19.3 Å². The van der Waals surface area contributed by atoms with E-state index in [2.05, 4.69) is 16.0 Å². The van der Waals surface area contributed by atoms with Gasteiger partial charge >= 0.3 is 137 Å². The van der Waals surface area contributed by atoms with Crippen LogP contribution in [0.1, 0.15) is 25.7 Å². The third-order valence-corrected chi connectivity index (χ3v) is 4.35. The Balaban J connectivity index is 2.44. The van der Waals surface area contributed by atoms with E-state index in [-0.39, 0.29) is 6.42 Å². The van der Waals surface area contributed by atoms with Gasteiger partial charge in [0.25, 0.3) is 0 Å². The van der Waals surface area contributed by atoms with Gasteiger partial charge in [0.05, 0.1) is 0 Å². The molecule has 0 aromatic carbocycles. The number of halogens is 3. The molecule has 1 heterocycles. The van der Waals surface area contributed by atoms with Gasteiger partial charge in [0, 0.05) is 0 Å². The van der Waals surface area contributed by atoms with Crippen molar-refractivity contribution in [3.05, 3.63) is 0 Å². The molecule has 1 rings (SSSR count). The van der Waals surface area contributed by atoms with E-state index in [0.717, 1.165) is 52.0 Å². The fourth-order valence-corrected chi connectivity index (χ4v) is 2.99. The Morgan fingerprint density at radius 1 is 0.810 bits per heavy atom. The molecule has 1 atom stereocenters. The number of alkyl halides is 3. The second-order valence-electron chi connectivity index (χ2n) is 5.35. The summed E-state index contributed by atoms with van der Waals surface area (Å²) in [5.41, 5.74) is 0. The van der Waals surface area contributed by atoms with Gasteiger partial charge in [0.15, 0.2) is 0 Å². The van der Waals surface area contributed by atoms with E-state index in [9.17, 15) is 13.2 Å². The van der Waals surface area contributed by atoms with Gasteiger partial charge in [-0.25, -0.2) is 0 Å². The van der Waals surface area contributed by atoms with Gasteiger partial charge in [0.2, 0.25) is 0 Å². The molecular weight excluding hydrogens is 317 g/mol. The molecule has 1 fully saturated rings. The van der Waals surface area contributed by atoms with Crippen LogP contribution in [0.25, 0.3) is 0 Å². The molecule has 8 heteroatoms. The van der Waals surface area contributed by atoms with Crippen LogP contribution in [0.15, 0.2) is 0 Å². The van der Waals surface area contributed by atoms with Gasteiger partial charge < -0.3 is 0 Å². The van der Waals surface area contributed by atoms with E-state index in [1.807, 2.05) is 0 Å². The van der Waals surface area contributed by atoms with E-state index in [0.29, 0.717) is 13.1 Å². The van der Waals surface area contributed by atoms with Crippen LogP contribution in [0.3, 0.4) is 0 Å². The molecule has 1 saturated heterocycles. The quantitative estimate of drug-likeness (QED) is 0.575. The second kappa shape index (κ2) is 11.0. The van der Waals surface area contributed by atoms with Gasteiger partial charge in [-0.2, -0.15) is 0 Å². The molecule has 1 unspecified atom stereocenters. The van der Waals surface area contributed by atoms with Crippen molar-refractivity contribution >= 4 is 0 Å². The first-order valence-corrected chi connectivity index (χ1v) is 8.38. The number of nitrogens with one attached hydrogen (secondary N) is 3. The predicted octanol–water partition coefficient (Wildman–Crippen LogP) is 1.02. The van der Waals surface area contributed by atoms with Gasteiger partial charge in [-0.05, 0) is 0 Å². The number of hydrogen-bond donors (Lipinski definition) is 3. The summed E-state index contributed by atoms with van der Waals surface area (Å²) in [6.45, 7) is 5.23. The van der Waals surface area contributed by atoms with Gasteiger partial charge in [-0.15, -0.1) is 0 Å². The van der Waals surface area contributed by atoms with Crippen LogP contribution in [0, 0.1) is 0 Å². The first-order chi connectivity index (χ1) is 10.0. The third kappa shape index (κ3) is 9.16. The molecule has 21 heavy (non-hydrogen) atoms. The van der Waals surface area contributed by atoms with Crippen molar-refractivity contribution in [3.8, 4) is 0 Å². The zero-order chi connectivity index (χ0) is 15.6. The first kappa shape index (κ1) is 19.4. The molecule has 123 valence electrons. The molecule has 0 spiro atoms. The molecule has 0 amide bonds. The number of hydrogen-bond acceptors (Lipinski definition) is 4. The van der Waals surface area contributed by atoms with Crippen molar-refractivity contribution in [1.29, 1.82) is 0 Å². The van der Waals surface area contributed by atoms with Crippen molar-refractivity contribution < 1.29 is 33.9 Å². The third-order valence-electron chi connectivity index (χ3n) is 3.52. The summed E-state index contributed by atoms with van der Waals surface area (Å²) in [6.07, 6.45) is -1.31. The molecule has 0 aromatic heterocycles. The van der Waals surface area contributed by atoms with Crippen molar-refractivity contribution in [3.63, 3.8) is 0 Å². The normalized spacial score (nSPS) is 26.5. The van der Waals surface area contributed by atoms with Crippen LogP contribution in [0.4, 0.5) is 13.2 Å². The van der Waals surface area contributed by atoms with Gasteiger partial charge in [-0.3, -0.25) is 0 Å². The van der Waals surface area contributed by atoms with Crippen LogP contribution in [-0.4, -0.2) is 61.4 Å². The van der Waals surface area contributed by atoms with Gasteiger partial charge in [-0.1, -0.05) is 0 Å². The maximum atomic E-state index is 13.1. The summed E-state index contributed by atoms with van der Waals surface area (Å²) in [4.78, 5) is 0. The average Bonchev–Trinajstić information content (AvgIpc) is 2.40. The van der Waals surface area contributed by atoms with E-state index >= 15 is 0 Å². The molecule has 0 aromatic rings. The molecule has 1 aliphatic rings. The standard InChI is InChI=1S/C13H26F3N4.Ti/c14-13(15,16)12-4-11-19-8-2-7-17-5-1-6-18-9-3-10-20-12;/h12,17-19H,1-11H2;/q-1;+1. The Morgan fingerprint density at radius 2 is 1.29 bits per heavy atom. The summed E-state index contributed by atoms with van der Waals surface area (Å²) in [5, 5.41) is 9.73. The Labute approximate surface area is 137 Å². The minimum atomic E-state index is -4.16.